The van der Waals surface area contributed by atoms with Crippen LogP contribution in [0.2, 0.25) is 0 Å². The molecule has 3 rings (SSSR count). The number of carbonyl (C=O) groups excluding carboxylic acids is 1. The van der Waals surface area contributed by atoms with Crippen molar-refractivity contribution in [2.75, 3.05) is 25.5 Å². The predicted molar refractivity (Wildman–Crippen MR) is 112 cm³/mol. The van der Waals surface area contributed by atoms with Crippen molar-refractivity contribution in [1.29, 1.82) is 0 Å². The van der Waals surface area contributed by atoms with Gasteiger partial charge in [-0.2, -0.15) is 0 Å². The van der Waals surface area contributed by atoms with Gasteiger partial charge in [0.25, 0.3) is 5.91 Å². The molecule has 5 heteroatoms. The van der Waals surface area contributed by atoms with Crippen molar-refractivity contribution >= 4 is 11.6 Å². The van der Waals surface area contributed by atoms with Crippen LogP contribution in [0.3, 0.4) is 0 Å². The van der Waals surface area contributed by atoms with Gasteiger partial charge >= 0.3 is 0 Å². The fourth-order valence-corrected chi connectivity index (χ4v) is 3.31. The molecule has 0 aromatic heterocycles. The van der Waals surface area contributed by atoms with Crippen molar-refractivity contribution in [3.63, 3.8) is 0 Å². The lowest BCUT2D eigenvalue weighted by Crippen LogP contribution is -2.35. The van der Waals surface area contributed by atoms with E-state index in [1.807, 2.05) is 62.4 Å². The topological polar surface area (TPSA) is 50.8 Å². The van der Waals surface area contributed by atoms with Crippen LogP contribution in [-0.4, -0.2) is 43.2 Å². The van der Waals surface area contributed by atoms with E-state index >= 15 is 0 Å². The molecule has 1 N–H and O–H groups in total. The van der Waals surface area contributed by atoms with Crippen molar-refractivity contribution in [3.8, 4) is 11.5 Å². The van der Waals surface area contributed by atoms with Crippen LogP contribution in [0.4, 0.5) is 5.69 Å². The summed E-state index contributed by atoms with van der Waals surface area (Å²) in [7, 11) is 2.14. The minimum absolute atomic E-state index is 0.145. The Morgan fingerprint density at radius 3 is 2.50 bits per heavy atom. The van der Waals surface area contributed by atoms with Crippen LogP contribution in [0.5, 0.6) is 11.5 Å². The molecular weight excluding hydrogens is 352 g/mol. The molecule has 28 heavy (non-hydrogen) atoms. The summed E-state index contributed by atoms with van der Waals surface area (Å²) in [5, 5.41) is 2.94. The second-order valence-electron chi connectivity index (χ2n) is 7.47. The number of nitrogens with zero attached hydrogens (tertiary/aromatic N) is 1. The maximum atomic E-state index is 12.6. The highest BCUT2D eigenvalue weighted by molar-refractivity contribution is 5.94. The number of nitrogens with one attached hydrogen (secondary N) is 1. The van der Waals surface area contributed by atoms with Crippen molar-refractivity contribution < 1.29 is 14.3 Å². The van der Waals surface area contributed by atoms with Gasteiger partial charge in [0.05, 0.1) is 0 Å². The molecule has 0 aliphatic carbocycles. The van der Waals surface area contributed by atoms with Crippen LogP contribution < -0.4 is 14.8 Å². The third-order valence-corrected chi connectivity index (χ3v) is 5.02. The highest BCUT2D eigenvalue weighted by atomic mass is 16.5. The quantitative estimate of drug-likeness (QED) is 0.777. The molecule has 1 heterocycles. The van der Waals surface area contributed by atoms with Gasteiger partial charge in [-0.25, -0.2) is 0 Å². The van der Waals surface area contributed by atoms with Gasteiger partial charge in [0.1, 0.15) is 17.6 Å². The number of amides is 1. The third-order valence-electron chi connectivity index (χ3n) is 5.02. The molecular formula is C23H30N2O3. The largest absolute Gasteiger partial charge is 0.490 e. The predicted octanol–water partition coefficient (Wildman–Crippen LogP) is 4.26. The highest BCUT2D eigenvalue weighted by Gasteiger charge is 2.20. The Morgan fingerprint density at radius 2 is 1.86 bits per heavy atom. The molecule has 0 radical (unpaired) electrons. The van der Waals surface area contributed by atoms with E-state index in [0.29, 0.717) is 12.2 Å². The van der Waals surface area contributed by atoms with E-state index in [-0.39, 0.29) is 12.0 Å². The van der Waals surface area contributed by atoms with E-state index in [1.165, 1.54) is 0 Å². The first-order chi connectivity index (χ1) is 13.5. The second-order valence-corrected chi connectivity index (χ2v) is 7.47. The number of piperidine rings is 1. The molecule has 1 atom stereocenters. The van der Waals surface area contributed by atoms with E-state index in [1.54, 1.807) is 0 Å². The smallest absolute Gasteiger partial charge is 0.265 e. The van der Waals surface area contributed by atoms with E-state index < -0.39 is 6.10 Å². The maximum Gasteiger partial charge on any atom is 0.265 e. The number of aryl methyl sites for hydroxylation is 1. The lowest BCUT2D eigenvalue weighted by atomic mass is 10.1. The zero-order valence-electron chi connectivity index (χ0n) is 17.0. The maximum absolute atomic E-state index is 12.6. The van der Waals surface area contributed by atoms with Crippen LogP contribution in [0.1, 0.15) is 31.7 Å². The number of hydrogen-bond donors (Lipinski definition) is 1. The Kier molecular flexibility index (Phi) is 6.93. The summed E-state index contributed by atoms with van der Waals surface area (Å²) in [6, 6.07) is 15.3. The summed E-state index contributed by atoms with van der Waals surface area (Å²) >= 11 is 0. The Balaban J connectivity index is 1.54. The first-order valence-electron chi connectivity index (χ1n) is 10.0. The molecule has 1 fully saturated rings. The van der Waals surface area contributed by atoms with Gasteiger partial charge in [0.15, 0.2) is 6.10 Å². The number of carbonyl (C=O) groups is 1. The molecule has 0 bridgehead atoms. The lowest BCUT2D eigenvalue weighted by Gasteiger charge is -2.29. The van der Waals surface area contributed by atoms with Gasteiger partial charge in [-0.1, -0.05) is 19.1 Å². The number of likely N-dealkylation sites (tertiary alicyclic amines) is 1. The lowest BCUT2D eigenvalue weighted by molar-refractivity contribution is -0.122. The first kappa shape index (κ1) is 20.2. The average Bonchev–Trinajstić information content (AvgIpc) is 2.69. The summed E-state index contributed by atoms with van der Waals surface area (Å²) in [6.07, 6.45) is 2.42. The van der Waals surface area contributed by atoms with Crippen molar-refractivity contribution in [1.82, 2.24) is 4.90 Å². The van der Waals surface area contributed by atoms with Crippen molar-refractivity contribution in [3.05, 3.63) is 54.1 Å². The minimum Gasteiger partial charge on any atom is -0.490 e. The van der Waals surface area contributed by atoms with E-state index in [9.17, 15) is 4.79 Å². The minimum atomic E-state index is -0.531. The first-order valence-corrected chi connectivity index (χ1v) is 10.0. The number of hydrogen-bond acceptors (Lipinski definition) is 4. The number of ether oxygens (including phenoxy) is 2. The zero-order chi connectivity index (χ0) is 19.9. The molecule has 1 unspecified atom stereocenters. The molecule has 2 aromatic carbocycles. The van der Waals surface area contributed by atoms with Gasteiger partial charge in [0, 0.05) is 18.8 Å². The molecule has 1 aliphatic heterocycles. The molecule has 1 aliphatic rings. The Labute approximate surface area is 167 Å². The molecule has 150 valence electrons. The molecule has 2 aromatic rings. The Bertz CT molecular complexity index is 768. The SMILES string of the molecule is CCC(Oc1cccc(C)c1)C(=O)Nc1ccc(OC2CCN(C)CC2)cc1. The average molecular weight is 383 g/mol. The second kappa shape index (κ2) is 9.60. The van der Waals surface area contributed by atoms with Crippen LogP contribution in [0.25, 0.3) is 0 Å². The molecule has 0 spiro atoms. The summed E-state index contributed by atoms with van der Waals surface area (Å²) in [4.78, 5) is 14.9. The van der Waals surface area contributed by atoms with Crippen LogP contribution in [0.15, 0.2) is 48.5 Å². The van der Waals surface area contributed by atoms with E-state index in [2.05, 4.69) is 17.3 Å². The van der Waals surface area contributed by atoms with E-state index in [0.717, 1.165) is 42.9 Å². The normalized spacial score (nSPS) is 16.4. The number of anilines is 1. The number of rotatable bonds is 7. The fraction of sp³-hybridized carbons (Fsp3) is 0.435. The van der Waals surface area contributed by atoms with Crippen molar-refractivity contribution in [2.45, 2.75) is 45.3 Å². The van der Waals surface area contributed by atoms with Crippen LogP contribution >= 0.6 is 0 Å². The van der Waals surface area contributed by atoms with Crippen molar-refractivity contribution in [2.24, 2.45) is 0 Å². The molecule has 0 saturated carbocycles. The third kappa shape index (κ3) is 5.73. The number of benzene rings is 2. The monoisotopic (exact) mass is 382 g/mol. The zero-order valence-corrected chi connectivity index (χ0v) is 17.0. The molecule has 1 saturated heterocycles. The van der Waals surface area contributed by atoms with Gasteiger partial charge in [-0.3, -0.25) is 4.79 Å². The highest BCUT2D eigenvalue weighted by Crippen LogP contribution is 2.21. The molecule has 5 nitrogen and oxygen atoms in total. The van der Waals surface area contributed by atoms with Crippen LogP contribution in [0, 0.1) is 6.92 Å². The standard InChI is InChI=1S/C23H30N2O3/c1-4-22(28-21-7-5-6-17(2)16-21)23(26)24-18-8-10-19(11-9-18)27-20-12-14-25(3)15-13-20/h5-11,16,20,22H,4,12-15H2,1-3H3,(H,24,26). The van der Waals surface area contributed by atoms with E-state index in [4.69, 9.17) is 9.47 Å². The molecule has 1 amide bonds. The van der Waals surface area contributed by atoms with Crippen LogP contribution in [-0.2, 0) is 4.79 Å². The van der Waals surface area contributed by atoms with Gasteiger partial charge in [-0.15, -0.1) is 0 Å². The summed E-state index contributed by atoms with van der Waals surface area (Å²) < 4.78 is 11.9. The van der Waals surface area contributed by atoms with Gasteiger partial charge in [-0.05, 0) is 75.2 Å². The van der Waals surface area contributed by atoms with Gasteiger partial charge < -0.3 is 19.7 Å². The Hall–Kier alpha value is -2.53. The Morgan fingerprint density at radius 1 is 1.14 bits per heavy atom. The fourth-order valence-electron chi connectivity index (χ4n) is 3.31. The summed E-state index contributed by atoms with van der Waals surface area (Å²) in [6.45, 7) is 6.08. The summed E-state index contributed by atoms with van der Waals surface area (Å²) in [5.74, 6) is 1.41. The summed E-state index contributed by atoms with van der Waals surface area (Å²) in [5.41, 5.74) is 1.85. The van der Waals surface area contributed by atoms with Gasteiger partial charge in [0.2, 0.25) is 0 Å².